The van der Waals surface area contributed by atoms with Crippen LogP contribution in [0.3, 0.4) is 0 Å². The highest BCUT2D eigenvalue weighted by atomic mass is 16.7. The number of aldehydes is 1. The third kappa shape index (κ3) is 2.25. The smallest absolute Gasteiger partial charge is 0.231 e. The van der Waals surface area contributed by atoms with Crippen molar-refractivity contribution in [3.05, 3.63) is 17.7 Å². The zero-order chi connectivity index (χ0) is 14.3. The van der Waals surface area contributed by atoms with Crippen LogP contribution < -0.4 is 14.2 Å². The highest BCUT2D eigenvalue weighted by Crippen LogP contribution is 2.44. The minimum Gasteiger partial charge on any atom is -0.489 e. The molecule has 1 unspecified atom stereocenters. The molecular formula is C16H18O5. The molecule has 0 amide bonds. The molecule has 4 rings (SSSR count). The molecule has 1 saturated carbocycles. The monoisotopic (exact) mass is 290 g/mol. The third-order valence-corrected chi connectivity index (χ3v) is 4.64. The number of fused-ring (bicyclic) bond motifs is 1. The average molecular weight is 290 g/mol. The summed E-state index contributed by atoms with van der Waals surface area (Å²) in [5, 5.41) is 0. The highest BCUT2D eigenvalue weighted by molar-refractivity contribution is 5.81. The molecule has 3 aliphatic rings. The van der Waals surface area contributed by atoms with Gasteiger partial charge in [0.15, 0.2) is 17.8 Å². The molecule has 1 saturated heterocycles. The van der Waals surface area contributed by atoms with Crippen LogP contribution in [0.2, 0.25) is 0 Å². The van der Waals surface area contributed by atoms with E-state index in [0.29, 0.717) is 22.8 Å². The Morgan fingerprint density at radius 1 is 1.24 bits per heavy atom. The first-order valence-electron chi connectivity index (χ1n) is 7.47. The van der Waals surface area contributed by atoms with E-state index in [0.717, 1.165) is 38.6 Å². The summed E-state index contributed by atoms with van der Waals surface area (Å²) in [5.41, 5.74) is 0.536. The number of carbonyl (C=O) groups excluding carboxylic acids is 1. The first-order valence-corrected chi connectivity index (χ1v) is 7.47. The van der Waals surface area contributed by atoms with Crippen molar-refractivity contribution in [2.75, 3.05) is 13.4 Å². The molecule has 112 valence electrons. The fourth-order valence-corrected chi connectivity index (χ4v) is 3.32. The van der Waals surface area contributed by atoms with E-state index in [9.17, 15) is 4.79 Å². The van der Waals surface area contributed by atoms with Crippen molar-refractivity contribution in [3.63, 3.8) is 0 Å². The summed E-state index contributed by atoms with van der Waals surface area (Å²) in [6.45, 7) is 0.920. The maximum atomic E-state index is 11.3. The van der Waals surface area contributed by atoms with Crippen molar-refractivity contribution >= 4 is 6.29 Å². The summed E-state index contributed by atoms with van der Waals surface area (Å²) in [6, 6.07) is 3.44. The number of ether oxygens (including phenoxy) is 4. The lowest BCUT2D eigenvalue weighted by atomic mass is 9.74. The van der Waals surface area contributed by atoms with Crippen LogP contribution >= 0.6 is 0 Å². The fraction of sp³-hybridized carbons (Fsp3) is 0.562. The van der Waals surface area contributed by atoms with Crippen molar-refractivity contribution in [3.8, 4) is 17.2 Å². The van der Waals surface area contributed by atoms with Crippen molar-refractivity contribution in [1.29, 1.82) is 0 Å². The van der Waals surface area contributed by atoms with Gasteiger partial charge in [0.25, 0.3) is 0 Å². The molecule has 0 N–H and O–H groups in total. The van der Waals surface area contributed by atoms with Gasteiger partial charge in [-0.3, -0.25) is 4.79 Å². The maximum Gasteiger partial charge on any atom is 0.231 e. The zero-order valence-corrected chi connectivity index (χ0v) is 11.8. The largest absolute Gasteiger partial charge is 0.489 e. The van der Waals surface area contributed by atoms with Crippen LogP contribution in [0.5, 0.6) is 17.2 Å². The van der Waals surface area contributed by atoms with E-state index < -0.39 is 0 Å². The van der Waals surface area contributed by atoms with Gasteiger partial charge < -0.3 is 18.9 Å². The quantitative estimate of drug-likeness (QED) is 0.801. The van der Waals surface area contributed by atoms with Gasteiger partial charge in [-0.2, -0.15) is 0 Å². The van der Waals surface area contributed by atoms with Crippen LogP contribution in [-0.2, 0) is 4.74 Å². The number of benzene rings is 1. The third-order valence-electron chi connectivity index (χ3n) is 4.64. The Morgan fingerprint density at radius 3 is 2.76 bits per heavy atom. The van der Waals surface area contributed by atoms with Crippen LogP contribution in [0.25, 0.3) is 0 Å². The van der Waals surface area contributed by atoms with Gasteiger partial charge >= 0.3 is 0 Å². The lowest BCUT2D eigenvalue weighted by molar-refractivity contribution is -0.153. The van der Waals surface area contributed by atoms with E-state index >= 15 is 0 Å². The molecule has 0 aromatic heterocycles. The summed E-state index contributed by atoms with van der Waals surface area (Å²) in [5.74, 6) is 1.82. The Balaban J connectivity index is 1.55. The first-order chi connectivity index (χ1) is 10.3. The summed E-state index contributed by atoms with van der Waals surface area (Å²) < 4.78 is 22.6. The molecule has 21 heavy (non-hydrogen) atoms. The zero-order valence-electron chi connectivity index (χ0n) is 11.8. The Hall–Kier alpha value is -1.75. The fourth-order valence-electron chi connectivity index (χ4n) is 3.32. The Kier molecular flexibility index (Phi) is 3.03. The summed E-state index contributed by atoms with van der Waals surface area (Å²) in [4.78, 5) is 11.3. The summed E-state index contributed by atoms with van der Waals surface area (Å²) >= 11 is 0. The van der Waals surface area contributed by atoms with Crippen LogP contribution in [0.1, 0.15) is 42.5 Å². The molecule has 1 aliphatic carbocycles. The number of rotatable bonds is 3. The molecular weight excluding hydrogens is 272 g/mol. The molecule has 1 aromatic carbocycles. The van der Waals surface area contributed by atoms with Crippen molar-refractivity contribution in [1.82, 2.24) is 0 Å². The van der Waals surface area contributed by atoms with E-state index in [1.54, 1.807) is 12.1 Å². The lowest BCUT2D eigenvalue weighted by Crippen LogP contribution is -2.48. The van der Waals surface area contributed by atoms with Gasteiger partial charge in [-0.05, 0) is 25.3 Å². The van der Waals surface area contributed by atoms with E-state index in [4.69, 9.17) is 18.9 Å². The molecule has 1 aromatic rings. The first kappa shape index (κ1) is 13.0. The van der Waals surface area contributed by atoms with Crippen molar-refractivity contribution < 1.29 is 23.7 Å². The van der Waals surface area contributed by atoms with Crippen molar-refractivity contribution in [2.45, 2.75) is 43.8 Å². The van der Waals surface area contributed by atoms with Gasteiger partial charge in [0.05, 0.1) is 17.8 Å². The second-order valence-electron chi connectivity index (χ2n) is 5.98. The SMILES string of the molecule is O=Cc1cc2c(cc1OC1CCOC3(CCC3)C1)OCO2. The summed E-state index contributed by atoms with van der Waals surface area (Å²) in [7, 11) is 0. The molecule has 1 atom stereocenters. The van der Waals surface area contributed by atoms with Crippen LogP contribution in [-0.4, -0.2) is 31.4 Å². The molecule has 2 heterocycles. The van der Waals surface area contributed by atoms with Crippen molar-refractivity contribution in [2.24, 2.45) is 0 Å². The van der Waals surface area contributed by atoms with Gasteiger partial charge in [-0.25, -0.2) is 0 Å². The maximum absolute atomic E-state index is 11.3. The number of hydrogen-bond acceptors (Lipinski definition) is 5. The predicted octanol–water partition coefficient (Wildman–Crippen LogP) is 2.71. The Labute approximate surface area is 123 Å². The molecule has 5 heteroatoms. The van der Waals surface area contributed by atoms with E-state index in [-0.39, 0.29) is 18.5 Å². The molecule has 2 fully saturated rings. The van der Waals surface area contributed by atoms with Gasteiger partial charge in [-0.1, -0.05) is 0 Å². The minimum atomic E-state index is 0.0284. The second kappa shape index (κ2) is 4.91. The van der Waals surface area contributed by atoms with E-state index in [2.05, 4.69) is 0 Å². The number of hydrogen-bond donors (Lipinski definition) is 0. The number of carbonyl (C=O) groups is 1. The molecule has 5 nitrogen and oxygen atoms in total. The summed E-state index contributed by atoms with van der Waals surface area (Å²) in [6.07, 6.45) is 6.13. The average Bonchev–Trinajstić information content (AvgIpc) is 2.92. The van der Waals surface area contributed by atoms with Crippen LogP contribution in [0, 0.1) is 0 Å². The Morgan fingerprint density at radius 2 is 2.05 bits per heavy atom. The molecule has 1 spiro atoms. The molecule has 0 radical (unpaired) electrons. The Bertz CT molecular complexity index is 564. The lowest BCUT2D eigenvalue weighted by Gasteiger charge is -2.46. The van der Waals surface area contributed by atoms with Gasteiger partial charge in [-0.15, -0.1) is 0 Å². The van der Waals surface area contributed by atoms with E-state index in [1.165, 1.54) is 6.42 Å². The van der Waals surface area contributed by atoms with Crippen LogP contribution in [0.4, 0.5) is 0 Å². The van der Waals surface area contributed by atoms with Gasteiger partial charge in [0.2, 0.25) is 6.79 Å². The topological polar surface area (TPSA) is 54.0 Å². The molecule has 0 bridgehead atoms. The minimum absolute atomic E-state index is 0.0284. The van der Waals surface area contributed by atoms with Gasteiger partial charge in [0.1, 0.15) is 11.9 Å². The standard InChI is InChI=1S/C16H18O5/c17-9-11-6-14-15(19-10-18-14)7-13(11)21-12-2-5-20-16(8-12)3-1-4-16/h6-7,9,12H,1-5,8,10H2. The molecule has 2 aliphatic heterocycles. The normalized spacial score (nSPS) is 25.4. The predicted molar refractivity (Wildman–Crippen MR) is 74.1 cm³/mol. The second-order valence-corrected chi connectivity index (χ2v) is 5.98. The van der Waals surface area contributed by atoms with Gasteiger partial charge in [0, 0.05) is 18.9 Å². The van der Waals surface area contributed by atoms with E-state index in [1.807, 2.05) is 0 Å². The highest BCUT2D eigenvalue weighted by Gasteiger charge is 2.43. The van der Waals surface area contributed by atoms with Crippen LogP contribution in [0.15, 0.2) is 12.1 Å².